The Kier molecular flexibility index (Phi) is 4.52. The van der Waals surface area contributed by atoms with Crippen LogP contribution in [-0.2, 0) is 4.74 Å². The molecule has 23 heavy (non-hydrogen) atoms. The standard InChI is InChI=1S/C21H34O2/c1-14-7-6-8-15(2)13-17-18-20(3,4)16(10-9-14)11-12-21(18,5)23-19(17)22/h8-9,16-19,22H,6-7,10-13H2,1-5H3/b14-9+,15-8+/t16-,17-,18+,19?,21-/m0/s1. The number of hydrogen-bond acceptors (Lipinski definition) is 2. The molecular weight excluding hydrogens is 284 g/mol. The van der Waals surface area contributed by atoms with Gasteiger partial charge in [-0.1, -0.05) is 37.1 Å². The summed E-state index contributed by atoms with van der Waals surface area (Å²) in [4.78, 5) is 0. The smallest absolute Gasteiger partial charge is 0.158 e. The molecule has 1 saturated heterocycles. The molecule has 1 N–H and O–H groups in total. The van der Waals surface area contributed by atoms with E-state index in [1.54, 1.807) is 0 Å². The van der Waals surface area contributed by atoms with Gasteiger partial charge < -0.3 is 9.84 Å². The molecule has 2 aliphatic carbocycles. The lowest BCUT2D eigenvalue weighted by Crippen LogP contribution is -2.51. The first-order chi connectivity index (χ1) is 10.7. The minimum Gasteiger partial charge on any atom is -0.368 e. The highest BCUT2D eigenvalue weighted by molar-refractivity contribution is 5.14. The van der Waals surface area contributed by atoms with Crippen LogP contribution in [-0.4, -0.2) is 17.0 Å². The van der Waals surface area contributed by atoms with Crippen LogP contribution in [0.1, 0.15) is 73.1 Å². The first-order valence-electron chi connectivity index (χ1n) is 9.41. The maximum absolute atomic E-state index is 10.6. The largest absolute Gasteiger partial charge is 0.368 e. The highest BCUT2D eigenvalue weighted by Gasteiger charge is 2.60. The highest BCUT2D eigenvalue weighted by atomic mass is 16.6. The second-order valence-electron chi connectivity index (χ2n) is 9.10. The lowest BCUT2D eigenvalue weighted by atomic mass is 9.53. The minimum atomic E-state index is -0.605. The maximum Gasteiger partial charge on any atom is 0.158 e. The van der Waals surface area contributed by atoms with Crippen LogP contribution in [0.25, 0.3) is 0 Å². The molecule has 0 amide bonds. The van der Waals surface area contributed by atoms with Gasteiger partial charge >= 0.3 is 0 Å². The van der Waals surface area contributed by atoms with E-state index in [0.29, 0.717) is 11.8 Å². The van der Waals surface area contributed by atoms with Gasteiger partial charge in [-0.3, -0.25) is 0 Å². The molecule has 0 aromatic carbocycles. The molecule has 2 fully saturated rings. The Labute approximate surface area is 142 Å². The van der Waals surface area contributed by atoms with Gasteiger partial charge in [-0.05, 0) is 70.6 Å². The molecule has 3 aliphatic rings. The second kappa shape index (κ2) is 6.04. The Morgan fingerprint density at radius 3 is 2.61 bits per heavy atom. The molecule has 0 aromatic heterocycles. The van der Waals surface area contributed by atoms with Crippen LogP contribution < -0.4 is 0 Å². The van der Waals surface area contributed by atoms with Crippen molar-refractivity contribution in [1.29, 1.82) is 0 Å². The monoisotopic (exact) mass is 318 g/mol. The van der Waals surface area contributed by atoms with Gasteiger partial charge in [-0.2, -0.15) is 0 Å². The normalized spacial score (nSPS) is 48.4. The average Bonchev–Trinajstić information content (AvgIpc) is 2.69. The Morgan fingerprint density at radius 1 is 1.13 bits per heavy atom. The number of aliphatic hydroxyl groups excluding tert-OH is 1. The minimum absolute atomic E-state index is 0.159. The molecule has 1 heterocycles. The second-order valence-corrected chi connectivity index (χ2v) is 9.10. The lowest BCUT2D eigenvalue weighted by Gasteiger charge is -2.52. The zero-order valence-electron chi connectivity index (χ0n) is 15.6. The fourth-order valence-corrected chi connectivity index (χ4v) is 5.78. The van der Waals surface area contributed by atoms with Crippen LogP contribution in [0.3, 0.4) is 0 Å². The molecule has 0 spiro atoms. The Morgan fingerprint density at radius 2 is 1.87 bits per heavy atom. The zero-order chi connectivity index (χ0) is 16.8. The number of ether oxygens (including phenoxy) is 1. The zero-order valence-corrected chi connectivity index (χ0v) is 15.6. The summed E-state index contributed by atoms with van der Waals surface area (Å²) in [5, 5.41) is 10.6. The molecule has 130 valence electrons. The summed E-state index contributed by atoms with van der Waals surface area (Å²) in [6, 6.07) is 0. The van der Waals surface area contributed by atoms with Crippen molar-refractivity contribution in [2.75, 3.05) is 0 Å². The molecule has 1 saturated carbocycles. The van der Waals surface area contributed by atoms with E-state index in [2.05, 4.69) is 46.8 Å². The summed E-state index contributed by atoms with van der Waals surface area (Å²) in [5.41, 5.74) is 2.98. The number of fused-ring (bicyclic) bond motifs is 1. The molecule has 0 aromatic rings. The molecular formula is C21H34O2. The number of hydrogen-bond donors (Lipinski definition) is 1. The van der Waals surface area contributed by atoms with Crippen molar-refractivity contribution >= 4 is 0 Å². The highest BCUT2D eigenvalue weighted by Crippen LogP contribution is 2.60. The molecule has 1 unspecified atom stereocenters. The van der Waals surface area contributed by atoms with E-state index in [1.807, 2.05) is 0 Å². The average molecular weight is 319 g/mol. The van der Waals surface area contributed by atoms with E-state index in [0.717, 1.165) is 25.7 Å². The van der Waals surface area contributed by atoms with Gasteiger partial charge in [0.1, 0.15) is 0 Å². The van der Waals surface area contributed by atoms with Gasteiger partial charge in [-0.15, -0.1) is 0 Å². The van der Waals surface area contributed by atoms with E-state index < -0.39 is 6.29 Å². The van der Waals surface area contributed by atoms with Crippen LogP contribution in [0, 0.1) is 23.2 Å². The molecule has 2 bridgehead atoms. The van der Waals surface area contributed by atoms with Crippen LogP contribution in [0.2, 0.25) is 0 Å². The summed E-state index contributed by atoms with van der Waals surface area (Å²) in [6.07, 6.45) is 11.0. The van der Waals surface area contributed by atoms with Crippen LogP contribution in [0.4, 0.5) is 0 Å². The summed E-state index contributed by atoms with van der Waals surface area (Å²) in [5.74, 6) is 1.36. The molecule has 2 nitrogen and oxygen atoms in total. The molecule has 1 aliphatic heterocycles. The fraction of sp³-hybridized carbons (Fsp3) is 0.810. The number of rotatable bonds is 0. The predicted octanol–water partition coefficient (Wildman–Crippen LogP) is 5.23. The predicted molar refractivity (Wildman–Crippen MR) is 95.0 cm³/mol. The quantitative estimate of drug-likeness (QED) is 0.620. The summed E-state index contributed by atoms with van der Waals surface area (Å²) in [6.45, 7) is 11.6. The molecule has 2 heteroatoms. The third-order valence-corrected chi connectivity index (χ3v) is 7.03. The first-order valence-corrected chi connectivity index (χ1v) is 9.41. The Bertz CT molecular complexity index is 516. The van der Waals surface area contributed by atoms with Crippen molar-refractivity contribution in [2.45, 2.75) is 85.0 Å². The summed E-state index contributed by atoms with van der Waals surface area (Å²) < 4.78 is 6.16. The van der Waals surface area contributed by atoms with Crippen molar-refractivity contribution in [1.82, 2.24) is 0 Å². The summed E-state index contributed by atoms with van der Waals surface area (Å²) in [7, 11) is 0. The van der Waals surface area contributed by atoms with Gasteiger partial charge in [0.2, 0.25) is 0 Å². The van der Waals surface area contributed by atoms with Crippen LogP contribution in [0.5, 0.6) is 0 Å². The Balaban J connectivity index is 2.01. The van der Waals surface area contributed by atoms with Gasteiger partial charge in [0.15, 0.2) is 6.29 Å². The third kappa shape index (κ3) is 3.05. The van der Waals surface area contributed by atoms with Crippen molar-refractivity contribution in [3.8, 4) is 0 Å². The van der Waals surface area contributed by atoms with E-state index in [1.165, 1.54) is 24.0 Å². The topological polar surface area (TPSA) is 29.5 Å². The van der Waals surface area contributed by atoms with Gasteiger partial charge in [0.25, 0.3) is 0 Å². The van der Waals surface area contributed by atoms with Gasteiger partial charge in [0.05, 0.1) is 5.60 Å². The van der Waals surface area contributed by atoms with Crippen LogP contribution >= 0.6 is 0 Å². The van der Waals surface area contributed by atoms with Crippen molar-refractivity contribution < 1.29 is 9.84 Å². The third-order valence-electron chi connectivity index (χ3n) is 7.03. The molecule has 5 atom stereocenters. The lowest BCUT2D eigenvalue weighted by molar-refractivity contribution is -0.162. The number of allylic oxidation sites excluding steroid dienone is 4. The number of aliphatic hydroxyl groups is 1. The Hall–Kier alpha value is -0.600. The molecule has 3 rings (SSSR count). The van der Waals surface area contributed by atoms with Crippen molar-refractivity contribution in [2.24, 2.45) is 23.2 Å². The van der Waals surface area contributed by atoms with E-state index in [-0.39, 0.29) is 16.9 Å². The van der Waals surface area contributed by atoms with Gasteiger partial charge in [0, 0.05) is 11.8 Å². The van der Waals surface area contributed by atoms with Crippen LogP contribution in [0.15, 0.2) is 23.3 Å². The van der Waals surface area contributed by atoms with E-state index in [9.17, 15) is 5.11 Å². The van der Waals surface area contributed by atoms with E-state index in [4.69, 9.17) is 4.74 Å². The maximum atomic E-state index is 10.6. The van der Waals surface area contributed by atoms with E-state index >= 15 is 0 Å². The van der Waals surface area contributed by atoms with Gasteiger partial charge in [-0.25, -0.2) is 0 Å². The SMILES string of the molecule is C/C1=C\C[C@H]2CC[C@]3(C)OC(O)[C@@H](C/C(C)=C/CC1)[C@@H]3C2(C)C. The molecule has 0 radical (unpaired) electrons. The fourth-order valence-electron chi connectivity index (χ4n) is 5.78. The van der Waals surface area contributed by atoms with Crippen molar-refractivity contribution in [3.63, 3.8) is 0 Å². The summed E-state index contributed by atoms with van der Waals surface area (Å²) >= 11 is 0. The van der Waals surface area contributed by atoms with Crippen molar-refractivity contribution in [3.05, 3.63) is 23.3 Å². The first kappa shape index (κ1) is 17.2.